The Morgan fingerprint density at radius 1 is 1.26 bits per heavy atom. The molecule has 0 saturated carbocycles. The molecule has 1 aromatic heterocycles. The van der Waals surface area contributed by atoms with Gasteiger partial charge in [-0.3, -0.25) is 4.68 Å². The van der Waals surface area contributed by atoms with E-state index in [-0.39, 0.29) is 6.09 Å². The number of hydrogen-bond donors (Lipinski definition) is 0. The highest BCUT2D eigenvalue weighted by Gasteiger charge is 2.26. The van der Waals surface area contributed by atoms with Crippen molar-refractivity contribution in [2.45, 2.75) is 26.4 Å². The lowest BCUT2D eigenvalue weighted by atomic mass is 10.2. The van der Waals surface area contributed by atoms with Crippen LogP contribution in [0.15, 0.2) is 12.4 Å². The molecule has 1 aromatic rings. The molecule has 0 atom stereocenters. The molecule has 19 heavy (non-hydrogen) atoms. The van der Waals surface area contributed by atoms with E-state index in [0.717, 1.165) is 18.8 Å². The first-order chi connectivity index (χ1) is 8.85. The third-order valence-electron chi connectivity index (χ3n) is 2.99. The average Bonchev–Trinajstić information content (AvgIpc) is 2.74. The predicted molar refractivity (Wildman–Crippen MR) is 73.2 cm³/mol. The zero-order valence-corrected chi connectivity index (χ0v) is 12.1. The van der Waals surface area contributed by atoms with Gasteiger partial charge in [0, 0.05) is 39.4 Å². The maximum atomic E-state index is 11.9. The van der Waals surface area contributed by atoms with Gasteiger partial charge in [0.2, 0.25) is 0 Å². The van der Waals surface area contributed by atoms with Crippen LogP contribution in [0.1, 0.15) is 20.8 Å². The molecule has 106 valence electrons. The molecular weight excluding hydrogens is 244 g/mol. The van der Waals surface area contributed by atoms with Crippen LogP contribution < -0.4 is 4.90 Å². The van der Waals surface area contributed by atoms with Gasteiger partial charge in [-0.1, -0.05) is 0 Å². The summed E-state index contributed by atoms with van der Waals surface area (Å²) in [5.74, 6) is 0. The summed E-state index contributed by atoms with van der Waals surface area (Å²) in [4.78, 5) is 15.9. The van der Waals surface area contributed by atoms with Gasteiger partial charge < -0.3 is 14.5 Å². The normalized spacial score (nSPS) is 16.6. The molecule has 0 spiro atoms. The molecule has 1 aliphatic rings. The number of amides is 1. The molecule has 1 amide bonds. The molecular formula is C13H22N4O2. The average molecular weight is 266 g/mol. The maximum Gasteiger partial charge on any atom is 0.410 e. The Morgan fingerprint density at radius 2 is 1.89 bits per heavy atom. The largest absolute Gasteiger partial charge is 0.444 e. The van der Waals surface area contributed by atoms with Gasteiger partial charge in [0.15, 0.2) is 0 Å². The summed E-state index contributed by atoms with van der Waals surface area (Å²) in [7, 11) is 1.90. The third-order valence-corrected chi connectivity index (χ3v) is 2.99. The Balaban J connectivity index is 1.87. The first kappa shape index (κ1) is 13.7. The van der Waals surface area contributed by atoms with E-state index in [1.165, 1.54) is 0 Å². The summed E-state index contributed by atoms with van der Waals surface area (Å²) < 4.78 is 7.16. The molecule has 2 heterocycles. The van der Waals surface area contributed by atoms with Crippen LogP contribution in [-0.4, -0.2) is 52.6 Å². The fourth-order valence-corrected chi connectivity index (χ4v) is 2.05. The van der Waals surface area contributed by atoms with Crippen LogP contribution in [0.4, 0.5) is 10.5 Å². The van der Waals surface area contributed by atoms with Crippen LogP contribution >= 0.6 is 0 Å². The van der Waals surface area contributed by atoms with Crippen molar-refractivity contribution in [1.82, 2.24) is 14.7 Å². The molecule has 0 N–H and O–H groups in total. The Labute approximate surface area is 113 Å². The third kappa shape index (κ3) is 3.62. The molecule has 0 unspecified atom stereocenters. The molecule has 1 saturated heterocycles. The lowest BCUT2D eigenvalue weighted by molar-refractivity contribution is 0.0240. The molecule has 1 aliphatic heterocycles. The van der Waals surface area contributed by atoms with E-state index < -0.39 is 5.60 Å². The first-order valence-corrected chi connectivity index (χ1v) is 6.57. The lowest BCUT2D eigenvalue weighted by Crippen LogP contribution is -2.50. The highest BCUT2D eigenvalue weighted by molar-refractivity contribution is 5.68. The van der Waals surface area contributed by atoms with E-state index in [9.17, 15) is 4.79 Å². The second-order valence-electron chi connectivity index (χ2n) is 5.83. The lowest BCUT2D eigenvalue weighted by Gasteiger charge is -2.36. The van der Waals surface area contributed by atoms with Crippen molar-refractivity contribution in [2.24, 2.45) is 7.05 Å². The van der Waals surface area contributed by atoms with Crippen molar-refractivity contribution in [2.75, 3.05) is 31.1 Å². The van der Waals surface area contributed by atoms with Crippen molar-refractivity contribution < 1.29 is 9.53 Å². The van der Waals surface area contributed by atoms with Crippen LogP contribution in [0.5, 0.6) is 0 Å². The van der Waals surface area contributed by atoms with Crippen molar-refractivity contribution in [3.8, 4) is 0 Å². The number of ether oxygens (including phenoxy) is 1. The SMILES string of the molecule is Cn1cc(N2CCN(C(=O)OC(C)(C)C)CC2)cn1. The summed E-state index contributed by atoms with van der Waals surface area (Å²) in [6.45, 7) is 8.65. The highest BCUT2D eigenvalue weighted by Crippen LogP contribution is 2.16. The zero-order valence-electron chi connectivity index (χ0n) is 12.1. The fourth-order valence-electron chi connectivity index (χ4n) is 2.05. The van der Waals surface area contributed by atoms with Crippen LogP contribution in [0.3, 0.4) is 0 Å². The van der Waals surface area contributed by atoms with Crippen LogP contribution in [0.2, 0.25) is 0 Å². The Hall–Kier alpha value is -1.72. The van der Waals surface area contributed by atoms with Crippen LogP contribution in [-0.2, 0) is 11.8 Å². The van der Waals surface area contributed by atoms with E-state index in [2.05, 4.69) is 10.00 Å². The molecule has 6 nitrogen and oxygen atoms in total. The van der Waals surface area contributed by atoms with Crippen molar-refractivity contribution in [3.05, 3.63) is 12.4 Å². The van der Waals surface area contributed by atoms with E-state index >= 15 is 0 Å². The van der Waals surface area contributed by atoms with E-state index in [4.69, 9.17) is 4.74 Å². The number of piperazine rings is 1. The van der Waals surface area contributed by atoms with Crippen molar-refractivity contribution >= 4 is 11.8 Å². The monoisotopic (exact) mass is 266 g/mol. The topological polar surface area (TPSA) is 50.6 Å². The second kappa shape index (κ2) is 5.11. The summed E-state index contributed by atoms with van der Waals surface area (Å²) >= 11 is 0. The molecule has 6 heteroatoms. The molecule has 2 rings (SSSR count). The van der Waals surface area contributed by atoms with Gasteiger partial charge in [-0.2, -0.15) is 5.10 Å². The second-order valence-corrected chi connectivity index (χ2v) is 5.83. The molecule has 0 aromatic carbocycles. The van der Waals surface area contributed by atoms with Gasteiger partial charge >= 0.3 is 6.09 Å². The van der Waals surface area contributed by atoms with Gasteiger partial charge in [-0.05, 0) is 20.8 Å². The smallest absolute Gasteiger partial charge is 0.410 e. The van der Waals surface area contributed by atoms with Crippen molar-refractivity contribution in [3.63, 3.8) is 0 Å². The van der Waals surface area contributed by atoms with Crippen LogP contribution in [0, 0.1) is 0 Å². The minimum absolute atomic E-state index is 0.224. The predicted octanol–water partition coefficient (Wildman–Crippen LogP) is 1.48. The number of aromatic nitrogens is 2. The maximum absolute atomic E-state index is 11.9. The molecule has 1 fully saturated rings. The molecule has 0 bridgehead atoms. The fraction of sp³-hybridized carbons (Fsp3) is 0.692. The van der Waals surface area contributed by atoms with Crippen molar-refractivity contribution in [1.29, 1.82) is 0 Å². The summed E-state index contributed by atoms with van der Waals surface area (Å²) in [5.41, 5.74) is 0.670. The number of hydrogen-bond acceptors (Lipinski definition) is 4. The van der Waals surface area contributed by atoms with Gasteiger partial charge in [0.05, 0.1) is 11.9 Å². The number of nitrogens with zero attached hydrogens (tertiary/aromatic N) is 4. The number of carbonyl (C=O) groups is 1. The minimum Gasteiger partial charge on any atom is -0.444 e. The quantitative estimate of drug-likeness (QED) is 0.772. The number of carbonyl (C=O) groups excluding carboxylic acids is 1. The van der Waals surface area contributed by atoms with E-state index in [1.54, 1.807) is 9.58 Å². The summed E-state index contributed by atoms with van der Waals surface area (Å²) in [6.07, 6.45) is 3.62. The zero-order chi connectivity index (χ0) is 14.0. The minimum atomic E-state index is -0.433. The summed E-state index contributed by atoms with van der Waals surface area (Å²) in [5, 5.41) is 4.16. The Bertz CT molecular complexity index is 442. The highest BCUT2D eigenvalue weighted by atomic mass is 16.6. The van der Waals surface area contributed by atoms with E-state index in [0.29, 0.717) is 13.1 Å². The van der Waals surface area contributed by atoms with Gasteiger partial charge in [0.1, 0.15) is 5.60 Å². The van der Waals surface area contributed by atoms with E-state index in [1.807, 2.05) is 40.2 Å². The van der Waals surface area contributed by atoms with Gasteiger partial charge in [-0.25, -0.2) is 4.79 Å². The summed E-state index contributed by atoms with van der Waals surface area (Å²) in [6, 6.07) is 0. The Kier molecular flexibility index (Phi) is 3.68. The number of rotatable bonds is 1. The first-order valence-electron chi connectivity index (χ1n) is 6.57. The van der Waals surface area contributed by atoms with Gasteiger partial charge in [0.25, 0.3) is 0 Å². The Morgan fingerprint density at radius 3 is 2.37 bits per heavy atom. The molecule has 0 radical (unpaired) electrons. The molecule has 0 aliphatic carbocycles. The standard InChI is InChI=1S/C13H22N4O2/c1-13(2,3)19-12(18)17-7-5-16(6-8-17)11-9-14-15(4)10-11/h9-10H,5-8H2,1-4H3. The van der Waals surface area contributed by atoms with Crippen LogP contribution in [0.25, 0.3) is 0 Å². The number of aryl methyl sites for hydroxylation is 1. The number of anilines is 1. The van der Waals surface area contributed by atoms with Gasteiger partial charge in [-0.15, -0.1) is 0 Å².